The highest BCUT2D eigenvalue weighted by molar-refractivity contribution is 6.15. The molecular formula is C18H15NO4. The summed E-state index contributed by atoms with van der Waals surface area (Å²) in [5, 5.41) is 2.65. The van der Waals surface area contributed by atoms with Crippen LogP contribution in [0, 0.1) is 0 Å². The lowest BCUT2D eigenvalue weighted by Gasteiger charge is -2.04. The van der Waals surface area contributed by atoms with Crippen molar-refractivity contribution in [2.75, 3.05) is 12.4 Å². The third-order valence-electron chi connectivity index (χ3n) is 3.41. The van der Waals surface area contributed by atoms with E-state index in [1.54, 1.807) is 31.4 Å². The number of allylic oxidation sites excluding steroid dienone is 1. The van der Waals surface area contributed by atoms with E-state index in [1.807, 2.05) is 24.3 Å². The number of fused-ring (bicyclic) bond motifs is 1. The lowest BCUT2D eigenvalue weighted by atomic mass is 10.1. The minimum atomic E-state index is -0.224. The molecule has 2 aromatic carbocycles. The number of rotatable bonds is 3. The Kier molecular flexibility index (Phi) is 3.85. The molecule has 2 aromatic rings. The van der Waals surface area contributed by atoms with E-state index < -0.39 is 0 Å². The largest absolute Gasteiger partial charge is 0.496 e. The van der Waals surface area contributed by atoms with Crippen molar-refractivity contribution < 1.29 is 19.1 Å². The number of anilines is 1. The summed E-state index contributed by atoms with van der Waals surface area (Å²) in [7, 11) is 1.57. The maximum Gasteiger partial charge on any atom is 0.232 e. The lowest BCUT2D eigenvalue weighted by Crippen LogP contribution is -2.06. The van der Waals surface area contributed by atoms with E-state index in [2.05, 4.69) is 5.32 Å². The van der Waals surface area contributed by atoms with Crippen molar-refractivity contribution in [1.29, 1.82) is 0 Å². The molecule has 0 fully saturated rings. The van der Waals surface area contributed by atoms with Crippen LogP contribution in [0.25, 0.3) is 6.08 Å². The maximum atomic E-state index is 12.5. The van der Waals surface area contributed by atoms with Gasteiger partial charge in [0.2, 0.25) is 11.7 Å². The van der Waals surface area contributed by atoms with Gasteiger partial charge in [-0.25, -0.2) is 0 Å². The number of ketones is 1. The van der Waals surface area contributed by atoms with Crippen molar-refractivity contribution in [1.82, 2.24) is 0 Å². The number of Topliss-reactive ketones (excluding diaryl/α,β-unsaturated/α-hetero) is 1. The number of ether oxygens (including phenoxy) is 2. The van der Waals surface area contributed by atoms with Crippen molar-refractivity contribution in [3.8, 4) is 11.5 Å². The van der Waals surface area contributed by atoms with Gasteiger partial charge in [-0.3, -0.25) is 9.59 Å². The Bertz CT molecular complexity index is 824. The van der Waals surface area contributed by atoms with Gasteiger partial charge in [0.25, 0.3) is 0 Å². The maximum absolute atomic E-state index is 12.5. The molecule has 0 spiro atoms. The van der Waals surface area contributed by atoms with E-state index >= 15 is 0 Å². The Morgan fingerprint density at radius 2 is 2.00 bits per heavy atom. The monoisotopic (exact) mass is 309 g/mol. The summed E-state index contributed by atoms with van der Waals surface area (Å²) in [6, 6.07) is 12.3. The molecule has 1 heterocycles. The van der Waals surface area contributed by atoms with Gasteiger partial charge >= 0.3 is 0 Å². The lowest BCUT2D eigenvalue weighted by molar-refractivity contribution is -0.114. The normalized spacial score (nSPS) is 14.3. The van der Waals surface area contributed by atoms with Crippen LogP contribution < -0.4 is 14.8 Å². The van der Waals surface area contributed by atoms with E-state index in [4.69, 9.17) is 9.47 Å². The quantitative estimate of drug-likeness (QED) is 0.884. The second-order valence-corrected chi connectivity index (χ2v) is 5.07. The molecule has 0 saturated carbocycles. The zero-order valence-corrected chi connectivity index (χ0v) is 12.8. The standard InChI is InChI=1S/C18H15NO4/c1-11(20)19-13-7-8-16-14(10-13)18(21)17(23-16)9-12-5-3-4-6-15(12)22-2/h3-10H,1-2H3,(H,19,20)/b17-9-. The highest BCUT2D eigenvalue weighted by Gasteiger charge is 2.28. The molecule has 5 nitrogen and oxygen atoms in total. The number of nitrogens with one attached hydrogen (secondary N) is 1. The second kappa shape index (κ2) is 5.96. The van der Waals surface area contributed by atoms with Crippen LogP contribution in [-0.4, -0.2) is 18.8 Å². The second-order valence-electron chi connectivity index (χ2n) is 5.07. The first-order chi connectivity index (χ1) is 11.1. The molecule has 0 atom stereocenters. The van der Waals surface area contributed by atoms with Crippen LogP contribution in [0.15, 0.2) is 48.2 Å². The number of carbonyl (C=O) groups excluding carboxylic acids is 2. The van der Waals surface area contributed by atoms with E-state index in [0.29, 0.717) is 22.7 Å². The Morgan fingerprint density at radius 3 is 2.74 bits per heavy atom. The zero-order chi connectivity index (χ0) is 16.4. The Hall–Kier alpha value is -3.08. The molecule has 0 bridgehead atoms. The molecule has 0 aliphatic carbocycles. The number of carbonyl (C=O) groups is 2. The van der Waals surface area contributed by atoms with Gasteiger partial charge in [0, 0.05) is 18.2 Å². The highest BCUT2D eigenvalue weighted by Crippen LogP contribution is 2.34. The average Bonchev–Trinajstić information content (AvgIpc) is 2.84. The van der Waals surface area contributed by atoms with E-state index in [0.717, 1.165) is 5.56 Å². The van der Waals surface area contributed by atoms with E-state index in [9.17, 15) is 9.59 Å². The van der Waals surface area contributed by atoms with Gasteiger partial charge in [0.05, 0.1) is 12.7 Å². The number of hydrogen-bond donors (Lipinski definition) is 1. The van der Waals surface area contributed by atoms with Gasteiger partial charge in [0.1, 0.15) is 11.5 Å². The first-order valence-electron chi connectivity index (χ1n) is 7.07. The minimum Gasteiger partial charge on any atom is -0.496 e. The zero-order valence-electron chi connectivity index (χ0n) is 12.8. The molecule has 0 unspecified atom stereocenters. The summed E-state index contributed by atoms with van der Waals surface area (Å²) in [4.78, 5) is 23.6. The van der Waals surface area contributed by atoms with Crippen molar-refractivity contribution >= 4 is 23.5 Å². The molecule has 116 valence electrons. The van der Waals surface area contributed by atoms with Crippen molar-refractivity contribution in [3.63, 3.8) is 0 Å². The Labute approximate surface area is 133 Å². The van der Waals surface area contributed by atoms with Crippen molar-refractivity contribution in [3.05, 3.63) is 59.4 Å². The molecule has 1 aliphatic heterocycles. The SMILES string of the molecule is COc1ccccc1/C=C1\Oc2ccc(NC(C)=O)cc2C1=O. The van der Waals surface area contributed by atoms with Gasteiger partial charge < -0.3 is 14.8 Å². The average molecular weight is 309 g/mol. The number of methoxy groups -OCH3 is 1. The Balaban J connectivity index is 1.94. The van der Waals surface area contributed by atoms with Crippen molar-refractivity contribution in [2.45, 2.75) is 6.92 Å². The third-order valence-corrected chi connectivity index (χ3v) is 3.41. The van der Waals surface area contributed by atoms with Crippen LogP contribution in [0.3, 0.4) is 0 Å². The fraction of sp³-hybridized carbons (Fsp3) is 0.111. The Morgan fingerprint density at radius 1 is 1.22 bits per heavy atom. The predicted molar refractivity (Wildman–Crippen MR) is 86.7 cm³/mol. The highest BCUT2D eigenvalue weighted by atomic mass is 16.5. The van der Waals surface area contributed by atoms with Gasteiger partial charge in [0.15, 0.2) is 5.76 Å². The molecule has 0 radical (unpaired) electrons. The van der Waals surface area contributed by atoms with Gasteiger partial charge in [-0.05, 0) is 30.3 Å². The molecule has 3 rings (SSSR count). The number of hydrogen-bond acceptors (Lipinski definition) is 4. The van der Waals surface area contributed by atoms with Gasteiger partial charge in [-0.2, -0.15) is 0 Å². The van der Waals surface area contributed by atoms with Gasteiger partial charge in [-0.1, -0.05) is 18.2 Å². The summed E-state index contributed by atoms with van der Waals surface area (Å²) in [5.41, 5.74) is 1.75. The van der Waals surface area contributed by atoms with Crippen LogP contribution in [0.2, 0.25) is 0 Å². The number of para-hydroxylation sites is 1. The fourth-order valence-electron chi connectivity index (χ4n) is 2.40. The predicted octanol–water partition coefficient (Wildman–Crippen LogP) is 3.27. The molecule has 5 heteroatoms. The molecule has 23 heavy (non-hydrogen) atoms. The fourth-order valence-corrected chi connectivity index (χ4v) is 2.40. The number of benzene rings is 2. The van der Waals surface area contributed by atoms with Crippen LogP contribution in [0.1, 0.15) is 22.8 Å². The molecule has 0 saturated heterocycles. The molecule has 1 N–H and O–H groups in total. The van der Waals surface area contributed by atoms with Crippen molar-refractivity contribution in [2.24, 2.45) is 0 Å². The molecule has 0 aromatic heterocycles. The van der Waals surface area contributed by atoms with Gasteiger partial charge in [-0.15, -0.1) is 0 Å². The summed E-state index contributed by atoms with van der Waals surface area (Å²) < 4.78 is 10.9. The van der Waals surface area contributed by atoms with Crippen LogP contribution >= 0.6 is 0 Å². The summed E-state index contributed by atoms with van der Waals surface area (Å²) in [5.74, 6) is 0.945. The molecule has 1 aliphatic rings. The summed E-state index contributed by atoms with van der Waals surface area (Å²) in [6.45, 7) is 1.42. The van der Waals surface area contributed by atoms with Crippen LogP contribution in [0.4, 0.5) is 5.69 Å². The molecular weight excluding hydrogens is 294 g/mol. The minimum absolute atomic E-state index is 0.193. The summed E-state index contributed by atoms with van der Waals surface area (Å²) >= 11 is 0. The first kappa shape index (κ1) is 14.8. The topological polar surface area (TPSA) is 64.6 Å². The smallest absolute Gasteiger partial charge is 0.232 e. The van der Waals surface area contributed by atoms with Crippen LogP contribution in [-0.2, 0) is 4.79 Å². The van der Waals surface area contributed by atoms with E-state index in [-0.39, 0.29) is 17.4 Å². The molecule has 1 amide bonds. The van der Waals surface area contributed by atoms with E-state index in [1.165, 1.54) is 6.92 Å². The first-order valence-corrected chi connectivity index (χ1v) is 7.07. The van der Waals surface area contributed by atoms with Crippen LogP contribution in [0.5, 0.6) is 11.5 Å². The third kappa shape index (κ3) is 2.94. The summed E-state index contributed by atoms with van der Waals surface area (Å²) in [6.07, 6.45) is 1.65. The number of amides is 1.